The molecule has 0 amide bonds. The Hall–Kier alpha value is -5.09. The highest BCUT2D eigenvalue weighted by Crippen LogP contribution is 2.36. The molecule has 0 aliphatic carbocycles. The van der Waals surface area contributed by atoms with Gasteiger partial charge in [0.1, 0.15) is 11.2 Å². The van der Waals surface area contributed by atoms with Crippen LogP contribution in [0.25, 0.3) is 67.0 Å². The third-order valence-electron chi connectivity index (χ3n) is 6.63. The molecule has 0 atom stereocenters. The van der Waals surface area contributed by atoms with E-state index in [1.807, 2.05) is 54.6 Å². The van der Waals surface area contributed by atoms with E-state index in [1.165, 1.54) is 0 Å². The van der Waals surface area contributed by atoms with Gasteiger partial charge in [-0.2, -0.15) is 0 Å². The normalized spacial score (nSPS) is 11.2. The quantitative estimate of drug-likeness (QED) is 0.256. The van der Waals surface area contributed by atoms with E-state index in [4.69, 9.17) is 14.4 Å². The Morgan fingerprint density at radius 3 is 2.00 bits per heavy atom. The molecule has 7 aromatic rings. The van der Waals surface area contributed by atoms with Crippen molar-refractivity contribution in [1.82, 2.24) is 15.0 Å². The second-order valence-corrected chi connectivity index (χ2v) is 8.92. The number of rotatable bonds is 4. The Morgan fingerprint density at radius 2 is 1.16 bits per heavy atom. The fourth-order valence-corrected chi connectivity index (χ4v) is 4.78. The molecule has 0 saturated carbocycles. The summed E-state index contributed by atoms with van der Waals surface area (Å²) in [5, 5.41) is 2.18. The third kappa shape index (κ3) is 3.85. The molecule has 0 spiro atoms. The van der Waals surface area contributed by atoms with Gasteiger partial charge in [0, 0.05) is 39.9 Å². The molecular formula is C33H21N3O. The van der Waals surface area contributed by atoms with Crippen LogP contribution in [0.1, 0.15) is 0 Å². The maximum Gasteiger partial charge on any atom is 0.160 e. The fourth-order valence-electron chi connectivity index (χ4n) is 4.78. The summed E-state index contributed by atoms with van der Waals surface area (Å²) < 4.78 is 6.33. The van der Waals surface area contributed by atoms with Crippen molar-refractivity contribution in [3.05, 3.63) is 128 Å². The minimum atomic E-state index is 0.672. The van der Waals surface area contributed by atoms with Gasteiger partial charge in [-0.15, -0.1) is 0 Å². The maximum atomic E-state index is 6.33. The van der Waals surface area contributed by atoms with E-state index in [1.54, 1.807) is 12.4 Å². The molecule has 37 heavy (non-hydrogen) atoms. The van der Waals surface area contributed by atoms with Gasteiger partial charge in [0.25, 0.3) is 0 Å². The molecule has 0 aliphatic heterocycles. The predicted octanol–water partition coefficient (Wildman–Crippen LogP) is 8.44. The molecule has 7 rings (SSSR count). The van der Waals surface area contributed by atoms with Crippen molar-refractivity contribution in [2.45, 2.75) is 0 Å². The van der Waals surface area contributed by atoms with Crippen molar-refractivity contribution in [1.29, 1.82) is 0 Å². The van der Waals surface area contributed by atoms with Crippen molar-refractivity contribution in [3.8, 4) is 45.0 Å². The van der Waals surface area contributed by atoms with Crippen LogP contribution in [0.2, 0.25) is 0 Å². The summed E-state index contributed by atoms with van der Waals surface area (Å²) in [4.78, 5) is 14.1. The van der Waals surface area contributed by atoms with Gasteiger partial charge in [-0.1, -0.05) is 84.9 Å². The van der Waals surface area contributed by atoms with Crippen LogP contribution >= 0.6 is 0 Å². The Labute approximate surface area is 213 Å². The summed E-state index contributed by atoms with van der Waals surface area (Å²) in [6.45, 7) is 0. The molecule has 0 unspecified atom stereocenters. The molecule has 0 N–H and O–H groups in total. The first-order chi connectivity index (χ1) is 18.3. The average Bonchev–Trinajstić information content (AvgIpc) is 3.37. The number of fused-ring (bicyclic) bond motifs is 3. The largest absolute Gasteiger partial charge is 0.455 e. The van der Waals surface area contributed by atoms with Crippen molar-refractivity contribution in [2.24, 2.45) is 0 Å². The second kappa shape index (κ2) is 8.85. The van der Waals surface area contributed by atoms with Gasteiger partial charge in [-0.25, -0.2) is 9.97 Å². The number of para-hydroxylation sites is 2. The molecule has 0 saturated heterocycles. The van der Waals surface area contributed by atoms with E-state index >= 15 is 0 Å². The number of hydrogen-bond acceptors (Lipinski definition) is 4. The molecule has 4 aromatic carbocycles. The van der Waals surface area contributed by atoms with Crippen LogP contribution in [0, 0.1) is 0 Å². The standard InChI is InChI=1S/C33H21N3O/c1-2-7-24(8-3-1)29-21-30(28-11-6-10-27-26-9-4-5-12-31(26)37-32(27)28)36-33(35-29)25-15-13-22(14-16-25)23-17-19-34-20-18-23/h1-21H. The highest BCUT2D eigenvalue weighted by atomic mass is 16.3. The van der Waals surface area contributed by atoms with E-state index in [9.17, 15) is 0 Å². The first-order valence-corrected chi connectivity index (χ1v) is 12.2. The molecule has 4 nitrogen and oxygen atoms in total. The lowest BCUT2D eigenvalue weighted by atomic mass is 10.0. The summed E-state index contributed by atoms with van der Waals surface area (Å²) in [7, 11) is 0. The van der Waals surface area contributed by atoms with E-state index in [0.717, 1.165) is 61.1 Å². The highest BCUT2D eigenvalue weighted by molar-refractivity contribution is 6.09. The van der Waals surface area contributed by atoms with E-state index in [-0.39, 0.29) is 0 Å². The molecule has 4 heteroatoms. The number of aromatic nitrogens is 3. The van der Waals surface area contributed by atoms with Gasteiger partial charge in [-0.05, 0) is 41.5 Å². The molecule has 174 valence electrons. The van der Waals surface area contributed by atoms with Crippen LogP contribution in [0.4, 0.5) is 0 Å². The van der Waals surface area contributed by atoms with Crippen LogP contribution in [0.5, 0.6) is 0 Å². The molecular weight excluding hydrogens is 454 g/mol. The Morgan fingerprint density at radius 1 is 0.486 bits per heavy atom. The van der Waals surface area contributed by atoms with Crippen LogP contribution in [0.3, 0.4) is 0 Å². The maximum absolute atomic E-state index is 6.33. The van der Waals surface area contributed by atoms with Crippen LogP contribution < -0.4 is 0 Å². The van der Waals surface area contributed by atoms with Crippen LogP contribution in [0.15, 0.2) is 132 Å². The number of benzene rings is 4. The van der Waals surface area contributed by atoms with E-state index < -0.39 is 0 Å². The summed E-state index contributed by atoms with van der Waals surface area (Å²) in [6.07, 6.45) is 3.61. The van der Waals surface area contributed by atoms with Crippen molar-refractivity contribution in [2.75, 3.05) is 0 Å². The number of hydrogen-bond donors (Lipinski definition) is 0. The van der Waals surface area contributed by atoms with Gasteiger partial charge in [0.05, 0.1) is 11.4 Å². The van der Waals surface area contributed by atoms with Gasteiger partial charge >= 0.3 is 0 Å². The SMILES string of the molecule is c1ccc(-c2cc(-c3cccc4c3oc3ccccc34)nc(-c3ccc(-c4ccncc4)cc3)n2)cc1. The summed E-state index contributed by atoms with van der Waals surface area (Å²) in [5.41, 5.74) is 8.58. The molecule has 0 radical (unpaired) electrons. The minimum Gasteiger partial charge on any atom is -0.455 e. The molecule has 0 bridgehead atoms. The monoisotopic (exact) mass is 475 g/mol. The Bertz CT molecular complexity index is 1860. The lowest BCUT2D eigenvalue weighted by molar-refractivity contribution is 0.670. The topological polar surface area (TPSA) is 51.8 Å². The smallest absolute Gasteiger partial charge is 0.160 e. The second-order valence-electron chi connectivity index (χ2n) is 8.92. The summed E-state index contributed by atoms with van der Waals surface area (Å²) in [5.74, 6) is 0.672. The van der Waals surface area contributed by atoms with Gasteiger partial charge in [0.2, 0.25) is 0 Å². The highest BCUT2D eigenvalue weighted by Gasteiger charge is 2.16. The zero-order valence-corrected chi connectivity index (χ0v) is 19.9. The van der Waals surface area contributed by atoms with Crippen molar-refractivity contribution >= 4 is 21.9 Å². The number of pyridine rings is 1. The van der Waals surface area contributed by atoms with Gasteiger partial charge < -0.3 is 4.42 Å². The summed E-state index contributed by atoms with van der Waals surface area (Å²) in [6, 6.07) is 39.0. The lowest BCUT2D eigenvalue weighted by Crippen LogP contribution is -1.96. The van der Waals surface area contributed by atoms with Crippen molar-refractivity contribution < 1.29 is 4.42 Å². The fraction of sp³-hybridized carbons (Fsp3) is 0. The Kier molecular flexibility index (Phi) is 5.07. The molecule has 0 aliphatic rings. The number of nitrogens with zero attached hydrogens (tertiary/aromatic N) is 3. The molecule has 3 heterocycles. The van der Waals surface area contributed by atoms with E-state index in [2.05, 4.69) is 65.6 Å². The lowest BCUT2D eigenvalue weighted by Gasteiger charge is -2.10. The van der Waals surface area contributed by atoms with Crippen molar-refractivity contribution in [3.63, 3.8) is 0 Å². The first-order valence-electron chi connectivity index (χ1n) is 12.2. The predicted molar refractivity (Wildman–Crippen MR) is 149 cm³/mol. The van der Waals surface area contributed by atoms with Gasteiger partial charge in [0.15, 0.2) is 5.82 Å². The van der Waals surface area contributed by atoms with Crippen LogP contribution in [-0.2, 0) is 0 Å². The Balaban J connectivity index is 1.41. The first kappa shape index (κ1) is 21.2. The van der Waals surface area contributed by atoms with Crippen LogP contribution in [-0.4, -0.2) is 15.0 Å². The number of furan rings is 1. The zero-order chi connectivity index (χ0) is 24.6. The third-order valence-corrected chi connectivity index (χ3v) is 6.63. The average molecular weight is 476 g/mol. The van der Waals surface area contributed by atoms with E-state index in [0.29, 0.717) is 5.82 Å². The molecule has 0 fully saturated rings. The minimum absolute atomic E-state index is 0.672. The summed E-state index contributed by atoms with van der Waals surface area (Å²) >= 11 is 0. The van der Waals surface area contributed by atoms with Gasteiger partial charge in [-0.3, -0.25) is 4.98 Å². The molecule has 3 aromatic heterocycles. The zero-order valence-electron chi connectivity index (χ0n) is 19.9.